The minimum absolute atomic E-state index is 0.171. The maximum atomic E-state index is 13.3. The number of anilines is 1. The molecular weight excluding hydrogens is 205 g/mol. The summed E-state index contributed by atoms with van der Waals surface area (Å²) < 4.78 is 15.2. The minimum atomic E-state index is -0.394. The molecule has 3 nitrogen and oxygen atoms in total. The molecule has 2 rings (SSSR count). The van der Waals surface area contributed by atoms with Crippen molar-refractivity contribution in [3.05, 3.63) is 36.3 Å². The van der Waals surface area contributed by atoms with Gasteiger partial charge in [0.1, 0.15) is 5.82 Å². The monoisotopic (exact) mass is 219 g/mol. The molecule has 0 saturated heterocycles. The van der Waals surface area contributed by atoms with E-state index in [2.05, 4.69) is 5.10 Å². The van der Waals surface area contributed by atoms with Crippen LogP contribution in [0.4, 0.5) is 10.1 Å². The highest BCUT2D eigenvalue weighted by molar-refractivity contribution is 5.74. The van der Waals surface area contributed by atoms with Gasteiger partial charge in [0, 0.05) is 17.8 Å². The Bertz CT molecular complexity index is 503. The molecule has 16 heavy (non-hydrogen) atoms. The molecule has 0 spiro atoms. The number of hydrogen-bond donors (Lipinski definition) is 1. The SMILES string of the molecule is CC(C)n1nccc1-c1cccc(F)c1N. The van der Waals surface area contributed by atoms with Crippen molar-refractivity contribution >= 4 is 5.69 Å². The van der Waals surface area contributed by atoms with E-state index in [0.717, 1.165) is 5.69 Å². The lowest BCUT2D eigenvalue weighted by molar-refractivity contribution is 0.538. The Labute approximate surface area is 93.7 Å². The summed E-state index contributed by atoms with van der Waals surface area (Å²) in [6.45, 7) is 4.04. The van der Waals surface area contributed by atoms with Crippen LogP contribution in [0, 0.1) is 5.82 Å². The number of halogens is 1. The molecule has 2 N–H and O–H groups in total. The Morgan fingerprint density at radius 1 is 1.31 bits per heavy atom. The second kappa shape index (κ2) is 3.96. The summed E-state index contributed by atoms with van der Waals surface area (Å²) in [6.07, 6.45) is 1.69. The molecule has 0 aliphatic carbocycles. The zero-order valence-electron chi connectivity index (χ0n) is 9.31. The maximum absolute atomic E-state index is 13.3. The molecule has 2 aromatic rings. The Morgan fingerprint density at radius 2 is 2.06 bits per heavy atom. The van der Waals surface area contributed by atoms with Gasteiger partial charge in [-0.2, -0.15) is 5.10 Å². The van der Waals surface area contributed by atoms with Crippen molar-refractivity contribution in [2.24, 2.45) is 0 Å². The van der Waals surface area contributed by atoms with Crippen LogP contribution >= 0.6 is 0 Å². The van der Waals surface area contributed by atoms with Gasteiger partial charge >= 0.3 is 0 Å². The number of nitrogen functional groups attached to an aromatic ring is 1. The summed E-state index contributed by atoms with van der Waals surface area (Å²) in [6, 6.07) is 6.86. The number of aromatic nitrogens is 2. The fourth-order valence-electron chi connectivity index (χ4n) is 1.70. The second-order valence-corrected chi connectivity index (χ2v) is 3.96. The molecule has 0 saturated carbocycles. The van der Waals surface area contributed by atoms with Gasteiger partial charge in [-0.05, 0) is 26.0 Å². The van der Waals surface area contributed by atoms with E-state index in [1.54, 1.807) is 18.3 Å². The van der Waals surface area contributed by atoms with Gasteiger partial charge in [-0.3, -0.25) is 4.68 Å². The molecule has 0 aliphatic rings. The van der Waals surface area contributed by atoms with Crippen LogP contribution in [0.5, 0.6) is 0 Å². The van der Waals surface area contributed by atoms with Gasteiger partial charge in [-0.25, -0.2) is 4.39 Å². The fraction of sp³-hybridized carbons (Fsp3) is 0.250. The molecule has 1 aromatic heterocycles. The van der Waals surface area contributed by atoms with Crippen molar-refractivity contribution in [1.82, 2.24) is 9.78 Å². The zero-order valence-corrected chi connectivity index (χ0v) is 9.31. The van der Waals surface area contributed by atoms with E-state index in [0.29, 0.717) is 5.56 Å². The van der Waals surface area contributed by atoms with E-state index in [9.17, 15) is 4.39 Å². The van der Waals surface area contributed by atoms with Crippen LogP contribution in [0.2, 0.25) is 0 Å². The van der Waals surface area contributed by atoms with Gasteiger partial charge in [0.2, 0.25) is 0 Å². The van der Waals surface area contributed by atoms with E-state index in [4.69, 9.17) is 5.73 Å². The Morgan fingerprint density at radius 3 is 2.75 bits per heavy atom. The topological polar surface area (TPSA) is 43.8 Å². The number of nitrogens with two attached hydrogens (primary N) is 1. The van der Waals surface area contributed by atoms with Crippen LogP contribution in [0.3, 0.4) is 0 Å². The van der Waals surface area contributed by atoms with Gasteiger partial charge in [0.25, 0.3) is 0 Å². The molecule has 0 radical (unpaired) electrons. The highest BCUT2D eigenvalue weighted by Gasteiger charge is 2.12. The van der Waals surface area contributed by atoms with E-state index in [1.807, 2.05) is 24.6 Å². The van der Waals surface area contributed by atoms with Crippen LogP contribution in [0.1, 0.15) is 19.9 Å². The maximum Gasteiger partial charge on any atom is 0.146 e. The van der Waals surface area contributed by atoms with Crippen LogP contribution in [-0.4, -0.2) is 9.78 Å². The Hall–Kier alpha value is -1.84. The highest BCUT2D eigenvalue weighted by Crippen LogP contribution is 2.28. The number of benzene rings is 1. The van der Waals surface area contributed by atoms with E-state index >= 15 is 0 Å². The molecular formula is C12H14FN3. The van der Waals surface area contributed by atoms with Crippen LogP contribution in [0.15, 0.2) is 30.5 Å². The molecule has 0 aliphatic heterocycles. The Balaban J connectivity index is 2.59. The summed E-state index contributed by atoms with van der Waals surface area (Å²) >= 11 is 0. The molecule has 0 bridgehead atoms. The van der Waals surface area contributed by atoms with Gasteiger partial charge in [-0.15, -0.1) is 0 Å². The van der Waals surface area contributed by atoms with Crippen molar-refractivity contribution in [2.45, 2.75) is 19.9 Å². The first-order valence-electron chi connectivity index (χ1n) is 5.19. The third-order valence-electron chi connectivity index (χ3n) is 2.49. The summed E-state index contributed by atoms with van der Waals surface area (Å²) in [5.41, 5.74) is 7.42. The van der Waals surface area contributed by atoms with Crippen LogP contribution in [0.25, 0.3) is 11.3 Å². The van der Waals surface area contributed by atoms with Crippen LogP contribution < -0.4 is 5.73 Å². The third-order valence-corrected chi connectivity index (χ3v) is 2.49. The normalized spacial score (nSPS) is 11.0. The van der Waals surface area contributed by atoms with Gasteiger partial charge in [0.15, 0.2) is 0 Å². The molecule has 0 unspecified atom stereocenters. The number of rotatable bonds is 2. The van der Waals surface area contributed by atoms with Crippen molar-refractivity contribution in [1.29, 1.82) is 0 Å². The van der Waals surface area contributed by atoms with E-state index < -0.39 is 5.82 Å². The van der Waals surface area contributed by atoms with Crippen molar-refractivity contribution in [3.63, 3.8) is 0 Å². The predicted molar refractivity (Wildman–Crippen MR) is 62.4 cm³/mol. The predicted octanol–water partition coefficient (Wildman–Crippen LogP) is 2.85. The first-order chi connectivity index (χ1) is 7.61. The quantitative estimate of drug-likeness (QED) is 0.789. The van der Waals surface area contributed by atoms with E-state index in [1.165, 1.54) is 6.07 Å². The summed E-state index contributed by atoms with van der Waals surface area (Å²) in [4.78, 5) is 0. The van der Waals surface area contributed by atoms with Gasteiger partial charge < -0.3 is 5.73 Å². The third kappa shape index (κ3) is 1.66. The van der Waals surface area contributed by atoms with Crippen molar-refractivity contribution < 1.29 is 4.39 Å². The lowest BCUT2D eigenvalue weighted by Crippen LogP contribution is -2.06. The molecule has 0 atom stereocenters. The summed E-state index contributed by atoms with van der Waals surface area (Å²) in [5.74, 6) is -0.394. The van der Waals surface area contributed by atoms with Gasteiger partial charge in [-0.1, -0.05) is 12.1 Å². The highest BCUT2D eigenvalue weighted by atomic mass is 19.1. The summed E-state index contributed by atoms with van der Waals surface area (Å²) in [5, 5.41) is 4.20. The van der Waals surface area contributed by atoms with Crippen LogP contribution in [-0.2, 0) is 0 Å². The first kappa shape index (κ1) is 10.7. The molecule has 1 aromatic carbocycles. The molecule has 4 heteroatoms. The van der Waals surface area contributed by atoms with E-state index in [-0.39, 0.29) is 11.7 Å². The molecule has 0 fully saturated rings. The second-order valence-electron chi connectivity index (χ2n) is 3.96. The summed E-state index contributed by atoms with van der Waals surface area (Å²) in [7, 11) is 0. The average Bonchev–Trinajstić information content (AvgIpc) is 2.70. The van der Waals surface area contributed by atoms with Crippen molar-refractivity contribution in [2.75, 3.05) is 5.73 Å². The molecule has 0 amide bonds. The first-order valence-corrected chi connectivity index (χ1v) is 5.19. The lowest BCUT2D eigenvalue weighted by atomic mass is 10.1. The fourth-order valence-corrected chi connectivity index (χ4v) is 1.70. The number of hydrogen-bond acceptors (Lipinski definition) is 2. The molecule has 84 valence electrons. The lowest BCUT2D eigenvalue weighted by Gasteiger charge is -2.12. The largest absolute Gasteiger partial charge is 0.396 e. The molecule has 1 heterocycles. The standard InChI is InChI=1S/C12H14FN3/c1-8(2)16-11(6-7-15-16)9-4-3-5-10(13)12(9)14/h3-8H,14H2,1-2H3. The average molecular weight is 219 g/mol. The number of nitrogens with zero attached hydrogens (tertiary/aromatic N) is 2. The van der Waals surface area contributed by atoms with Crippen molar-refractivity contribution in [3.8, 4) is 11.3 Å². The minimum Gasteiger partial charge on any atom is -0.396 e. The Kier molecular flexibility index (Phi) is 2.64. The zero-order chi connectivity index (χ0) is 11.7. The number of para-hydroxylation sites is 1. The smallest absolute Gasteiger partial charge is 0.146 e. The van der Waals surface area contributed by atoms with Gasteiger partial charge in [0.05, 0.1) is 11.4 Å².